The van der Waals surface area contributed by atoms with Crippen molar-refractivity contribution in [1.29, 1.82) is 0 Å². The summed E-state index contributed by atoms with van der Waals surface area (Å²) in [6.45, 7) is -0.0556. The van der Waals surface area contributed by atoms with Gasteiger partial charge in [0.25, 0.3) is 0 Å². The topological polar surface area (TPSA) is 132 Å². The molecule has 0 atom stereocenters. The Morgan fingerprint density at radius 3 is 1.75 bits per heavy atom. The van der Waals surface area contributed by atoms with Crippen LogP contribution in [-0.2, 0) is 4.79 Å². The number of benzene rings is 2. The third-order valence-electron chi connectivity index (χ3n) is 3.61. The Morgan fingerprint density at radius 2 is 1.36 bits per heavy atom. The van der Waals surface area contributed by atoms with Crippen LogP contribution in [0.5, 0.6) is 23.0 Å². The second kappa shape index (κ2) is 11.3. The van der Waals surface area contributed by atoms with Crippen molar-refractivity contribution >= 4 is 23.7 Å². The fourth-order valence-corrected chi connectivity index (χ4v) is 2.25. The summed E-state index contributed by atoms with van der Waals surface area (Å²) in [6.07, 6.45) is 3.90. The molecule has 0 aromatic heterocycles. The summed E-state index contributed by atoms with van der Waals surface area (Å²) in [5.74, 6) is 1.99. The van der Waals surface area contributed by atoms with Crippen LogP contribution in [0.4, 0.5) is 5.69 Å². The molecule has 8 nitrogen and oxygen atoms in total. The molecule has 28 heavy (non-hydrogen) atoms. The van der Waals surface area contributed by atoms with Crippen LogP contribution in [-0.4, -0.2) is 40.9 Å². The Bertz CT molecular complexity index is 796. The molecule has 2 aromatic rings. The van der Waals surface area contributed by atoms with Gasteiger partial charge in [0.15, 0.2) is 11.5 Å². The van der Waals surface area contributed by atoms with E-state index in [9.17, 15) is 4.79 Å². The zero-order valence-corrected chi connectivity index (χ0v) is 16.5. The number of hydrogen-bond donors (Lipinski definition) is 3. The Hall–Kier alpha value is -3.39. The van der Waals surface area contributed by atoms with Gasteiger partial charge in [0.1, 0.15) is 5.75 Å². The Balaban J connectivity index is 0.000000696. The summed E-state index contributed by atoms with van der Waals surface area (Å²) in [6, 6.07) is 9.39. The minimum absolute atomic E-state index is 0.0556. The van der Waals surface area contributed by atoms with Crippen LogP contribution in [0.3, 0.4) is 0 Å². The number of hydrogen-bond acceptors (Lipinski definition) is 7. The third kappa shape index (κ3) is 6.40. The minimum atomic E-state index is -0.468. The molecule has 0 unspecified atom stereocenters. The van der Waals surface area contributed by atoms with Crippen molar-refractivity contribution in [3.63, 3.8) is 0 Å². The second-order valence-electron chi connectivity index (χ2n) is 5.46. The quantitative estimate of drug-likeness (QED) is 0.487. The highest BCUT2D eigenvalue weighted by Crippen LogP contribution is 2.38. The van der Waals surface area contributed by atoms with E-state index in [2.05, 4.69) is 5.73 Å². The molecule has 0 fully saturated rings. The van der Waals surface area contributed by atoms with Gasteiger partial charge in [-0.3, -0.25) is 4.79 Å². The van der Waals surface area contributed by atoms with E-state index in [1.807, 2.05) is 42.5 Å². The zero-order chi connectivity index (χ0) is 21.1. The summed E-state index contributed by atoms with van der Waals surface area (Å²) in [5, 5.41) is 0. The fraction of sp³-hybridized carbons (Fsp3) is 0.250. The first-order valence-electron chi connectivity index (χ1n) is 8.30. The van der Waals surface area contributed by atoms with Gasteiger partial charge < -0.3 is 36.1 Å². The molecule has 0 aliphatic heterocycles. The lowest BCUT2D eigenvalue weighted by Gasteiger charge is -2.12. The normalized spacial score (nSPS) is 10.0. The number of carbonyl (C=O) groups excluding carboxylic acids is 1. The maximum atomic E-state index is 9.47. The summed E-state index contributed by atoms with van der Waals surface area (Å²) in [4.78, 5) is 9.47. The molecule has 0 bridgehead atoms. The summed E-state index contributed by atoms with van der Waals surface area (Å²) in [5.41, 5.74) is 17.6. The monoisotopic (exact) mass is 389 g/mol. The lowest BCUT2D eigenvalue weighted by Crippen LogP contribution is -2.21. The average molecular weight is 389 g/mol. The molecule has 1 amide bonds. The third-order valence-corrected chi connectivity index (χ3v) is 3.61. The van der Waals surface area contributed by atoms with Crippen molar-refractivity contribution in [2.24, 2.45) is 11.5 Å². The molecule has 2 aromatic carbocycles. The Kier molecular flexibility index (Phi) is 9.18. The SMILES string of the molecule is COc1ccc(C=Cc2cc(OC)c(OC)c(OC)c2)cc1N.NCC(N)=O. The second-order valence-corrected chi connectivity index (χ2v) is 5.46. The number of methoxy groups -OCH3 is 4. The van der Waals surface area contributed by atoms with E-state index in [1.165, 1.54) is 0 Å². The predicted molar refractivity (Wildman–Crippen MR) is 111 cm³/mol. The molecule has 0 aliphatic carbocycles. The Labute approximate surface area is 164 Å². The van der Waals surface area contributed by atoms with Crippen molar-refractivity contribution < 1.29 is 23.7 Å². The molecule has 0 aliphatic rings. The number of rotatable bonds is 7. The number of primary amides is 1. The number of anilines is 1. The maximum Gasteiger partial charge on any atom is 0.231 e. The van der Waals surface area contributed by atoms with Gasteiger partial charge in [-0.05, 0) is 35.4 Å². The minimum Gasteiger partial charge on any atom is -0.495 e. The van der Waals surface area contributed by atoms with Crippen LogP contribution >= 0.6 is 0 Å². The maximum absolute atomic E-state index is 9.47. The molecule has 0 saturated carbocycles. The number of carbonyl (C=O) groups is 1. The summed E-state index contributed by atoms with van der Waals surface area (Å²) < 4.78 is 21.2. The van der Waals surface area contributed by atoms with Crippen molar-refractivity contribution in [2.45, 2.75) is 0 Å². The van der Waals surface area contributed by atoms with Crippen LogP contribution < -0.4 is 36.1 Å². The first-order chi connectivity index (χ1) is 13.4. The van der Waals surface area contributed by atoms with Crippen LogP contribution in [0.2, 0.25) is 0 Å². The van der Waals surface area contributed by atoms with Gasteiger partial charge in [-0.15, -0.1) is 0 Å². The van der Waals surface area contributed by atoms with Crippen molar-refractivity contribution in [2.75, 3.05) is 40.7 Å². The molecule has 6 N–H and O–H groups in total. The van der Waals surface area contributed by atoms with E-state index in [0.29, 0.717) is 28.7 Å². The molecule has 0 heterocycles. The number of nitrogens with two attached hydrogens (primary N) is 3. The molecule has 0 spiro atoms. The van der Waals surface area contributed by atoms with E-state index in [-0.39, 0.29) is 6.54 Å². The van der Waals surface area contributed by atoms with Gasteiger partial charge in [-0.25, -0.2) is 0 Å². The van der Waals surface area contributed by atoms with Gasteiger partial charge in [0, 0.05) is 0 Å². The fourth-order valence-electron chi connectivity index (χ4n) is 2.25. The van der Waals surface area contributed by atoms with Gasteiger partial charge in [0.05, 0.1) is 40.7 Å². The zero-order valence-electron chi connectivity index (χ0n) is 16.5. The number of nitrogen functional groups attached to an aromatic ring is 1. The van der Waals surface area contributed by atoms with Crippen LogP contribution in [0, 0.1) is 0 Å². The van der Waals surface area contributed by atoms with E-state index < -0.39 is 5.91 Å². The molecule has 2 rings (SSSR count). The van der Waals surface area contributed by atoms with Crippen LogP contribution in [0.1, 0.15) is 11.1 Å². The largest absolute Gasteiger partial charge is 0.495 e. The molecule has 152 valence electrons. The van der Waals surface area contributed by atoms with Gasteiger partial charge >= 0.3 is 0 Å². The number of amides is 1. The molecule has 8 heteroatoms. The van der Waals surface area contributed by atoms with E-state index >= 15 is 0 Å². The van der Waals surface area contributed by atoms with Gasteiger partial charge in [-0.1, -0.05) is 18.2 Å². The Morgan fingerprint density at radius 1 is 0.857 bits per heavy atom. The first kappa shape index (κ1) is 22.7. The lowest BCUT2D eigenvalue weighted by molar-refractivity contribution is -0.116. The smallest absolute Gasteiger partial charge is 0.231 e. The molecular formula is C20H27N3O5. The standard InChI is InChI=1S/C18H21NO4.C2H6N2O/c1-20-15-8-7-12(9-14(15)19)5-6-13-10-16(21-2)18(23-4)17(11-13)22-3;3-1-2(4)5/h5-11H,19H2,1-4H3;1,3H2,(H2,4,5). The van der Waals surface area contributed by atoms with E-state index in [0.717, 1.165) is 11.1 Å². The van der Waals surface area contributed by atoms with E-state index in [4.69, 9.17) is 30.4 Å². The van der Waals surface area contributed by atoms with Gasteiger partial charge in [-0.2, -0.15) is 0 Å². The molecule has 0 radical (unpaired) electrons. The first-order valence-corrected chi connectivity index (χ1v) is 8.30. The molecule has 0 saturated heterocycles. The van der Waals surface area contributed by atoms with Crippen molar-refractivity contribution in [3.05, 3.63) is 41.5 Å². The summed E-state index contributed by atoms with van der Waals surface area (Å²) >= 11 is 0. The van der Waals surface area contributed by atoms with Crippen LogP contribution in [0.15, 0.2) is 30.3 Å². The predicted octanol–water partition coefficient (Wildman–Crippen LogP) is 1.90. The highest BCUT2D eigenvalue weighted by atomic mass is 16.5. The van der Waals surface area contributed by atoms with Crippen LogP contribution in [0.25, 0.3) is 12.2 Å². The number of ether oxygens (including phenoxy) is 4. The van der Waals surface area contributed by atoms with Crippen molar-refractivity contribution in [1.82, 2.24) is 0 Å². The lowest BCUT2D eigenvalue weighted by atomic mass is 10.1. The van der Waals surface area contributed by atoms with E-state index in [1.54, 1.807) is 28.4 Å². The highest BCUT2D eigenvalue weighted by Gasteiger charge is 2.11. The molecular weight excluding hydrogens is 362 g/mol. The summed E-state index contributed by atoms with van der Waals surface area (Å²) in [7, 11) is 6.36. The highest BCUT2D eigenvalue weighted by molar-refractivity contribution is 5.75. The van der Waals surface area contributed by atoms with Gasteiger partial charge in [0.2, 0.25) is 11.7 Å². The van der Waals surface area contributed by atoms with Crippen molar-refractivity contribution in [3.8, 4) is 23.0 Å². The average Bonchev–Trinajstić information content (AvgIpc) is 2.71.